The number of carboxylic acids is 1. The van der Waals surface area contributed by atoms with Gasteiger partial charge in [-0.3, -0.25) is 4.79 Å². The Balaban J connectivity index is 2.40. The molecule has 0 aliphatic carbocycles. The van der Waals surface area contributed by atoms with Crippen LogP contribution in [0.4, 0.5) is 0 Å². The van der Waals surface area contributed by atoms with Crippen LogP contribution in [0.3, 0.4) is 0 Å². The van der Waals surface area contributed by atoms with E-state index in [1.807, 2.05) is 20.8 Å². The zero-order valence-corrected chi connectivity index (χ0v) is 15.1. The summed E-state index contributed by atoms with van der Waals surface area (Å²) in [6.45, 7) is 5.49. The highest BCUT2D eigenvalue weighted by Gasteiger charge is 2.50. The first-order chi connectivity index (χ1) is 11.1. The second-order valence-electron chi connectivity index (χ2n) is 6.60. The summed E-state index contributed by atoms with van der Waals surface area (Å²) in [6, 6.07) is 4.90. The third kappa shape index (κ3) is 3.20. The number of benzene rings is 1. The van der Waals surface area contributed by atoms with E-state index in [2.05, 4.69) is 0 Å². The number of carbonyl (C=O) groups is 1. The van der Waals surface area contributed by atoms with E-state index < -0.39 is 27.5 Å². The molecule has 0 amide bonds. The molecule has 2 rings (SSSR count). The summed E-state index contributed by atoms with van der Waals surface area (Å²) < 4.78 is 27.0. The Bertz CT molecular complexity index is 730. The van der Waals surface area contributed by atoms with Crippen LogP contribution in [0.25, 0.3) is 0 Å². The van der Waals surface area contributed by atoms with Crippen LogP contribution in [0.2, 0.25) is 0 Å². The van der Waals surface area contributed by atoms with E-state index in [1.54, 1.807) is 18.2 Å². The topological polar surface area (TPSA) is 94.9 Å². The van der Waals surface area contributed by atoms with Crippen molar-refractivity contribution in [2.45, 2.75) is 51.0 Å². The van der Waals surface area contributed by atoms with E-state index in [4.69, 9.17) is 0 Å². The number of aliphatic hydroxyl groups is 1. The number of hydrogen-bond acceptors (Lipinski definition) is 4. The van der Waals surface area contributed by atoms with Crippen molar-refractivity contribution in [2.24, 2.45) is 5.41 Å². The summed E-state index contributed by atoms with van der Waals surface area (Å²) in [6.07, 6.45) is -0.124. The lowest BCUT2D eigenvalue weighted by Crippen LogP contribution is -2.57. The van der Waals surface area contributed by atoms with E-state index >= 15 is 0 Å². The van der Waals surface area contributed by atoms with Crippen LogP contribution in [0.1, 0.15) is 37.3 Å². The highest BCUT2D eigenvalue weighted by atomic mass is 32.2. The number of carboxylic acid groups (broad SMARTS) is 1. The number of rotatable bonds is 5. The molecule has 1 aromatic carbocycles. The van der Waals surface area contributed by atoms with E-state index in [9.17, 15) is 23.4 Å². The van der Waals surface area contributed by atoms with Crippen LogP contribution < -0.4 is 0 Å². The molecular weight excluding hydrogens is 330 g/mol. The first-order valence-electron chi connectivity index (χ1n) is 8.14. The molecule has 7 heteroatoms. The summed E-state index contributed by atoms with van der Waals surface area (Å²) in [5.74, 6) is -1.14. The largest absolute Gasteiger partial charge is 0.481 e. The summed E-state index contributed by atoms with van der Waals surface area (Å²) in [7, 11) is -3.79. The van der Waals surface area contributed by atoms with Crippen molar-refractivity contribution in [1.82, 2.24) is 4.31 Å². The van der Waals surface area contributed by atoms with Crippen molar-refractivity contribution in [3.63, 3.8) is 0 Å². The van der Waals surface area contributed by atoms with E-state index in [0.29, 0.717) is 6.42 Å². The average Bonchev–Trinajstić information content (AvgIpc) is 2.51. The van der Waals surface area contributed by atoms with Crippen LogP contribution in [0.5, 0.6) is 0 Å². The minimum Gasteiger partial charge on any atom is -0.481 e. The van der Waals surface area contributed by atoms with Gasteiger partial charge in [-0.25, -0.2) is 8.42 Å². The maximum Gasteiger partial charge on any atom is 0.313 e. The lowest BCUT2D eigenvalue weighted by Gasteiger charge is -2.42. The molecule has 0 spiro atoms. The molecule has 0 saturated carbocycles. The molecule has 2 N–H and O–H groups in total. The SMILES string of the molecule is CCC[C@]1(C(=O)O)CN(S(=O)(=O)c2ccc(C)c(C)c2)CC[C@H]1O. The quantitative estimate of drug-likeness (QED) is 0.841. The monoisotopic (exact) mass is 355 g/mol. The molecule has 2 atom stereocenters. The molecule has 1 aliphatic rings. The van der Waals surface area contributed by atoms with Crippen molar-refractivity contribution in [3.8, 4) is 0 Å². The smallest absolute Gasteiger partial charge is 0.313 e. The summed E-state index contributed by atoms with van der Waals surface area (Å²) in [4.78, 5) is 12.0. The molecule has 0 radical (unpaired) electrons. The van der Waals surface area contributed by atoms with Gasteiger partial charge in [0, 0.05) is 13.1 Å². The predicted molar refractivity (Wildman–Crippen MR) is 90.3 cm³/mol. The maximum absolute atomic E-state index is 12.9. The van der Waals surface area contributed by atoms with Crippen LogP contribution >= 0.6 is 0 Å². The van der Waals surface area contributed by atoms with Gasteiger partial charge in [0.05, 0.1) is 11.0 Å². The molecule has 134 valence electrons. The Morgan fingerprint density at radius 3 is 2.54 bits per heavy atom. The number of aryl methyl sites for hydroxylation is 2. The molecule has 1 fully saturated rings. The third-order valence-corrected chi connectivity index (χ3v) is 6.83. The molecule has 6 nitrogen and oxygen atoms in total. The van der Waals surface area contributed by atoms with E-state index in [-0.39, 0.29) is 30.8 Å². The first kappa shape index (κ1) is 18.9. The van der Waals surface area contributed by atoms with Gasteiger partial charge in [-0.05, 0) is 49.9 Å². The molecule has 1 heterocycles. The number of aliphatic hydroxyl groups excluding tert-OH is 1. The van der Waals surface area contributed by atoms with Crippen molar-refractivity contribution in [3.05, 3.63) is 29.3 Å². The van der Waals surface area contributed by atoms with Gasteiger partial charge in [0.2, 0.25) is 10.0 Å². The van der Waals surface area contributed by atoms with Gasteiger partial charge in [0.1, 0.15) is 5.41 Å². The van der Waals surface area contributed by atoms with Gasteiger partial charge in [0.25, 0.3) is 0 Å². The molecule has 1 aliphatic heterocycles. The summed E-state index contributed by atoms with van der Waals surface area (Å²) in [5, 5.41) is 19.9. The Hall–Kier alpha value is -1.44. The minimum absolute atomic E-state index is 0.120. The Labute approximate surface area is 143 Å². The highest BCUT2D eigenvalue weighted by Crippen LogP contribution is 2.37. The maximum atomic E-state index is 12.9. The third-order valence-electron chi connectivity index (χ3n) is 4.99. The van der Waals surface area contributed by atoms with Crippen molar-refractivity contribution in [2.75, 3.05) is 13.1 Å². The molecule has 0 unspecified atom stereocenters. The van der Waals surface area contributed by atoms with Crippen LogP contribution in [0, 0.1) is 19.3 Å². The zero-order valence-electron chi connectivity index (χ0n) is 14.3. The number of sulfonamides is 1. The lowest BCUT2D eigenvalue weighted by atomic mass is 9.74. The zero-order chi connectivity index (χ0) is 18.1. The molecule has 1 aromatic rings. The van der Waals surface area contributed by atoms with Crippen LogP contribution in [0.15, 0.2) is 23.1 Å². The standard InChI is InChI=1S/C17H25NO5S/c1-4-8-17(16(20)21)11-18(9-7-15(17)19)24(22,23)14-6-5-12(2)13(3)10-14/h5-6,10,15,19H,4,7-9,11H2,1-3H3,(H,20,21)/t15-,17+/m1/s1. The fourth-order valence-corrected chi connectivity index (χ4v) is 4.89. The number of nitrogens with zero attached hydrogens (tertiary/aromatic N) is 1. The fourth-order valence-electron chi connectivity index (χ4n) is 3.28. The van der Waals surface area contributed by atoms with Crippen molar-refractivity contribution < 1.29 is 23.4 Å². The summed E-state index contributed by atoms with van der Waals surface area (Å²) in [5.41, 5.74) is 0.417. The molecule has 0 aromatic heterocycles. The predicted octanol–water partition coefficient (Wildman–Crippen LogP) is 1.93. The molecular formula is C17H25NO5S. The Morgan fingerprint density at radius 2 is 2.00 bits per heavy atom. The number of aliphatic carboxylic acids is 1. The van der Waals surface area contributed by atoms with Gasteiger partial charge in [0.15, 0.2) is 0 Å². The van der Waals surface area contributed by atoms with Crippen LogP contribution in [-0.4, -0.2) is 48.1 Å². The van der Waals surface area contributed by atoms with E-state index in [1.165, 1.54) is 4.31 Å². The second-order valence-corrected chi connectivity index (χ2v) is 8.54. The van der Waals surface area contributed by atoms with E-state index in [0.717, 1.165) is 11.1 Å². The number of piperidine rings is 1. The molecule has 24 heavy (non-hydrogen) atoms. The van der Waals surface area contributed by atoms with Crippen molar-refractivity contribution in [1.29, 1.82) is 0 Å². The average molecular weight is 355 g/mol. The number of hydrogen-bond donors (Lipinski definition) is 2. The van der Waals surface area contributed by atoms with Crippen LogP contribution in [-0.2, 0) is 14.8 Å². The Kier molecular flexibility index (Phi) is 5.37. The summed E-state index contributed by atoms with van der Waals surface area (Å²) >= 11 is 0. The molecule has 0 bridgehead atoms. The fraction of sp³-hybridized carbons (Fsp3) is 0.588. The first-order valence-corrected chi connectivity index (χ1v) is 9.58. The molecule has 1 saturated heterocycles. The lowest BCUT2D eigenvalue weighted by molar-refractivity contribution is -0.161. The van der Waals surface area contributed by atoms with Gasteiger partial charge < -0.3 is 10.2 Å². The highest BCUT2D eigenvalue weighted by molar-refractivity contribution is 7.89. The Morgan fingerprint density at radius 1 is 1.33 bits per heavy atom. The minimum atomic E-state index is -3.79. The van der Waals surface area contributed by atoms with Gasteiger partial charge in [-0.2, -0.15) is 4.31 Å². The second kappa shape index (κ2) is 6.82. The van der Waals surface area contributed by atoms with Gasteiger partial charge in [-0.15, -0.1) is 0 Å². The normalized spacial score (nSPS) is 25.6. The van der Waals surface area contributed by atoms with Gasteiger partial charge >= 0.3 is 5.97 Å². The van der Waals surface area contributed by atoms with Crippen molar-refractivity contribution >= 4 is 16.0 Å². The van der Waals surface area contributed by atoms with Gasteiger partial charge in [-0.1, -0.05) is 19.4 Å².